The fraction of sp³-hybridized carbons (Fsp3) is 0.0213. The molecule has 5 aromatic carbocycles. The van der Waals surface area contributed by atoms with Crippen LogP contribution in [0, 0.1) is 12.3 Å². The highest BCUT2D eigenvalue weighted by Gasteiger charge is 2.30. The molecule has 0 unspecified atom stereocenters. The maximum absolute atomic E-state index is 7.32. The molecule has 73 heavy (non-hydrogen) atoms. The van der Waals surface area contributed by atoms with E-state index in [4.69, 9.17) is 176 Å². The summed E-state index contributed by atoms with van der Waals surface area (Å²) in [5.74, 6) is 2.23. The first-order valence-corrected chi connectivity index (χ1v) is 21.5. The zero-order valence-corrected chi connectivity index (χ0v) is 38.8. The molecule has 0 amide bonds. The third-order valence-corrected chi connectivity index (χ3v) is 13.2. The number of hydrogen-bond donors (Lipinski definition) is 0. The molecule has 0 saturated heterocycles. The van der Waals surface area contributed by atoms with Gasteiger partial charge in [-0.1, -0.05) is 95.2 Å². The number of furan rings is 1. The minimum atomic E-state index is -0.280. The molecule has 0 bridgehead atoms. The van der Waals surface area contributed by atoms with Crippen LogP contribution in [-0.2, 0) is 6.54 Å². The van der Waals surface area contributed by atoms with Crippen molar-refractivity contribution in [1.82, 2.24) is 19.1 Å². The third kappa shape index (κ3) is 7.62. The number of fused-ring (bicyclic) bond motifs is 7. The molecule has 5 nitrogen and oxygen atoms in total. The Labute approximate surface area is 451 Å². The summed E-state index contributed by atoms with van der Waals surface area (Å²) in [6, 6.07) is 8.76. The van der Waals surface area contributed by atoms with Gasteiger partial charge in [0, 0.05) is 34.2 Å². The van der Waals surface area contributed by atoms with Crippen LogP contribution in [0.4, 0.5) is 0 Å². The molecule has 4 heterocycles. The van der Waals surface area contributed by atoms with Gasteiger partial charge in [-0.2, -0.15) is 0 Å². The van der Waals surface area contributed by atoms with Crippen molar-refractivity contribution in [2.75, 3.05) is 0 Å². The van der Waals surface area contributed by atoms with Crippen LogP contribution in [0.3, 0.4) is 0 Å². The van der Waals surface area contributed by atoms with Crippen LogP contribution in [0.5, 0.6) is 0 Å². The van der Waals surface area contributed by atoms with Gasteiger partial charge < -0.3 is 13.6 Å². The topological polar surface area (TPSA) is 48.8 Å². The first-order valence-electron chi connectivity index (χ1n) is 21.5. The highest BCUT2D eigenvalue weighted by Crippen LogP contribution is 2.34. The van der Waals surface area contributed by atoms with Gasteiger partial charge in [-0.05, 0) is 56.1 Å². The van der Waals surface area contributed by atoms with Crippen molar-refractivity contribution in [3.8, 4) is 40.4 Å². The number of benzene rings is 5. The summed E-state index contributed by atoms with van der Waals surface area (Å²) in [5, 5.41) is 1.10. The fourth-order valence-electron chi connectivity index (χ4n) is 9.54. The van der Waals surface area contributed by atoms with E-state index in [0.29, 0.717) is 11.1 Å². The molecule has 0 fully saturated rings. The first kappa shape index (κ1) is 52.1. The van der Waals surface area contributed by atoms with Crippen LogP contribution in [-0.4, -0.2) is 184 Å². The van der Waals surface area contributed by atoms with Crippen LogP contribution in [0.25, 0.3) is 88.3 Å². The third-order valence-electron chi connectivity index (χ3n) is 13.2. The van der Waals surface area contributed by atoms with Gasteiger partial charge in [-0.3, -0.25) is 0 Å². The normalized spacial score (nSPS) is 12.9. The quantitative estimate of drug-likeness (QED) is 0.0868. The van der Waals surface area contributed by atoms with E-state index in [2.05, 4.69) is 22.5 Å². The molecule has 288 valence electrons. The van der Waals surface area contributed by atoms with E-state index in [1.54, 1.807) is 6.07 Å². The van der Waals surface area contributed by atoms with Crippen molar-refractivity contribution in [3.63, 3.8) is 0 Å². The Kier molecular flexibility index (Phi) is 13.4. The molecule has 0 N–H and O–H groups in total. The fourth-order valence-corrected chi connectivity index (χ4v) is 9.54. The summed E-state index contributed by atoms with van der Waals surface area (Å²) in [6.07, 6.45) is 6.83. The second-order valence-electron chi connectivity index (χ2n) is 17.2. The second-order valence-corrected chi connectivity index (χ2v) is 17.2. The lowest BCUT2D eigenvalue weighted by Crippen LogP contribution is -2.48. The Morgan fingerprint density at radius 1 is 0.589 bits per heavy atom. The van der Waals surface area contributed by atoms with E-state index in [1.165, 1.54) is 21.5 Å². The molecule has 0 spiro atoms. The highest BCUT2D eigenvalue weighted by molar-refractivity contribution is 6.71. The molecule has 4 aromatic heterocycles. The average molecular weight is 875 g/mol. The zero-order valence-electron chi connectivity index (χ0n) is 38.8. The summed E-state index contributed by atoms with van der Waals surface area (Å²) in [6.45, 7) is 3.49. The summed E-state index contributed by atoms with van der Waals surface area (Å²) < 4.78 is 9.20. The largest absolute Gasteiger partial charge is 0.452 e. The van der Waals surface area contributed by atoms with E-state index in [-0.39, 0.29) is 193 Å². The minimum absolute atomic E-state index is 0.00913. The molecule has 26 heteroatoms. The van der Waals surface area contributed by atoms with Gasteiger partial charge in [0.05, 0.1) is 0 Å². The Balaban J connectivity index is 1.41. The lowest BCUT2D eigenvalue weighted by atomic mass is 9.61. The van der Waals surface area contributed by atoms with Gasteiger partial charge in [0.15, 0.2) is 5.58 Å². The number of para-hydroxylation sites is 1. The highest BCUT2D eigenvalue weighted by atomic mass is 16.3. The van der Waals surface area contributed by atoms with E-state index < -0.39 is 0 Å². The minimum Gasteiger partial charge on any atom is -0.452 e. The Morgan fingerprint density at radius 3 is 1.77 bits per heavy atom. The number of terminal acetylenes is 1. The Morgan fingerprint density at radius 2 is 1.15 bits per heavy atom. The van der Waals surface area contributed by atoms with Crippen molar-refractivity contribution in [1.29, 1.82) is 0 Å². The standard InChI is InChI=1S/C47H11B21N4O/c1-3-13(49)26(54)27(55)16(52)9-71-43-21(22-32(60)35(63)36(64)39(67)44(22)71)28(56)19(30(58)37(43)65)20-29(57)23-24(33(61)25(53)11(2)48)47(68)72(45(23)38(66)31(20)59)42-15(51)8-14(50)18(34(42)62)41-46-40(69-10-70-41)12-6-4-5-7-17(12)73-46/h1,4-8,10H,2,9H2/b26-13-,27-16-,33-25-. The van der Waals surface area contributed by atoms with E-state index in [0.717, 1.165) is 5.39 Å². The molecule has 9 rings (SSSR count). The van der Waals surface area contributed by atoms with Gasteiger partial charge >= 0.3 is 0 Å². The number of nitrogens with zero attached hydrogens (tertiary/aromatic N) is 4. The molecule has 0 aliphatic heterocycles. The summed E-state index contributed by atoms with van der Waals surface area (Å²) in [5.41, 5.74) is -0.0805. The molecule has 42 radical (unpaired) electrons. The van der Waals surface area contributed by atoms with Gasteiger partial charge in [-0.15, -0.1) is 51.3 Å². The van der Waals surface area contributed by atoms with E-state index in [1.807, 2.05) is 18.2 Å². The van der Waals surface area contributed by atoms with Crippen molar-refractivity contribution in [2.24, 2.45) is 0 Å². The van der Waals surface area contributed by atoms with Crippen LogP contribution >= 0.6 is 0 Å². The van der Waals surface area contributed by atoms with Crippen LogP contribution in [0.2, 0.25) is 0 Å². The van der Waals surface area contributed by atoms with Crippen molar-refractivity contribution < 1.29 is 4.42 Å². The molecule has 0 aliphatic carbocycles. The smallest absolute Gasteiger partial charge is 0.180 e. The van der Waals surface area contributed by atoms with Crippen molar-refractivity contribution in [2.45, 2.75) is 6.54 Å². The number of allylic oxidation sites excluding steroid dienone is 6. The Hall–Kier alpha value is -5.80. The predicted octanol–water partition coefficient (Wildman–Crippen LogP) is -8.71. The van der Waals surface area contributed by atoms with Gasteiger partial charge in [0.2, 0.25) is 0 Å². The molecule has 0 atom stereocenters. The lowest BCUT2D eigenvalue weighted by molar-refractivity contribution is 0.667. The predicted molar refractivity (Wildman–Crippen MR) is 325 cm³/mol. The first-order chi connectivity index (χ1) is 34.4. The average Bonchev–Trinajstić information content (AvgIpc) is 4.01. The number of hydrogen-bond acceptors (Lipinski definition) is 3. The van der Waals surface area contributed by atoms with Gasteiger partial charge in [0.25, 0.3) is 0 Å². The zero-order chi connectivity index (χ0) is 53.3. The lowest BCUT2D eigenvalue weighted by Gasteiger charge is -2.26. The monoisotopic (exact) mass is 878 g/mol. The summed E-state index contributed by atoms with van der Waals surface area (Å²) in [7, 11) is 142. The number of rotatable bonds is 8. The molecule has 0 aliphatic rings. The van der Waals surface area contributed by atoms with E-state index in [9.17, 15) is 0 Å². The molecular formula is C47H11B21N4O. The Bertz CT molecular complexity index is 4170. The summed E-state index contributed by atoms with van der Waals surface area (Å²) in [4.78, 5) is 9.04. The second kappa shape index (κ2) is 18.8. The van der Waals surface area contributed by atoms with Gasteiger partial charge in [0.1, 0.15) is 188 Å². The summed E-state index contributed by atoms with van der Waals surface area (Å²) >= 11 is 0. The number of aromatic nitrogens is 4. The van der Waals surface area contributed by atoms with Gasteiger partial charge in [-0.25, -0.2) is 9.97 Å². The molecular weight excluding hydrogens is 864 g/mol. The SMILES string of the molecule is [B]C(=C)/C([B])=C(/[B])c1c([B])n(-c2c([B])cc([B])c(-c3ncnc4c3oc3ccccc34)c2[B])c2c([B])c([B])c(-c3c([B])c([B])c4c(c3[B])c3c([B])c([B])c([B])c([B])c3n4C/C([B])=C([B])\C([B])=C(\[B])C#C)c([B])c12. The van der Waals surface area contributed by atoms with Crippen LogP contribution in [0.15, 0.2) is 80.5 Å². The maximum atomic E-state index is 7.32. The van der Waals surface area contributed by atoms with Crippen LogP contribution < -0.4 is 76.6 Å². The van der Waals surface area contributed by atoms with Crippen molar-refractivity contribution in [3.05, 3.63) is 81.6 Å². The molecule has 9 aromatic rings. The van der Waals surface area contributed by atoms with Crippen LogP contribution in [0.1, 0.15) is 5.56 Å². The van der Waals surface area contributed by atoms with Crippen molar-refractivity contribution >= 4 is 302 Å². The van der Waals surface area contributed by atoms with E-state index >= 15 is 0 Å². The molecule has 0 saturated carbocycles. The maximum Gasteiger partial charge on any atom is 0.180 e.